The third kappa shape index (κ3) is 2.80. The Labute approximate surface area is 103 Å². The molecule has 0 spiro atoms. The van der Waals surface area contributed by atoms with Gasteiger partial charge >= 0.3 is 0 Å². The van der Waals surface area contributed by atoms with Gasteiger partial charge in [-0.1, -0.05) is 0 Å². The molecule has 0 radical (unpaired) electrons. The third-order valence-electron chi connectivity index (χ3n) is 2.34. The van der Waals surface area contributed by atoms with Crippen molar-refractivity contribution in [2.45, 2.75) is 6.54 Å². The Morgan fingerprint density at radius 1 is 1.47 bits per heavy atom. The van der Waals surface area contributed by atoms with Crippen LogP contribution in [0.2, 0.25) is 0 Å². The Kier molecular flexibility index (Phi) is 3.35. The highest BCUT2D eigenvalue weighted by atomic mass is 32.1. The van der Waals surface area contributed by atoms with Gasteiger partial charge in [0.15, 0.2) is 0 Å². The molecule has 0 unspecified atom stereocenters. The summed E-state index contributed by atoms with van der Waals surface area (Å²) in [5.41, 5.74) is 3.69. The zero-order valence-corrected chi connectivity index (χ0v) is 10.0. The number of aromatic nitrogens is 1. The molecule has 17 heavy (non-hydrogen) atoms. The van der Waals surface area contributed by atoms with Gasteiger partial charge in [0.2, 0.25) is 0 Å². The van der Waals surface area contributed by atoms with Crippen molar-refractivity contribution < 1.29 is 4.39 Å². The summed E-state index contributed by atoms with van der Waals surface area (Å²) in [6.45, 7) is 0.595. The predicted octanol–water partition coefficient (Wildman–Crippen LogP) is 2.79. The molecule has 1 aromatic carbocycles. The van der Waals surface area contributed by atoms with Crippen LogP contribution in [0.5, 0.6) is 0 Å². The fourth-order valence-electron chi connectivity index (χ4n) is 1.51. The van der Waals surface area contributed by atoms with Crippen LogP contribution in [0.4, 0.5) is 10.1 Å². The van der Waals surface area contributed by atoms with Crippen molar-refractivity contribution in [2.75, 3.05) is 11.9 Å². The summed E-state index contributed by atoms with van der Waals surface area (Å²) >= 11 is 1.52. The second-order valence-corrected chi connectivity index (χ2v) is 4.36. The topological polar surface area (TPSA) is 39.9 Å². The van der Waals surface area contributed by atoms with E-state index < -0.39 is 5.82 Å². The monoisotopic (exact) mass is 247 g/mol. The molecular formula is C12H10FN3S. The molecule has 0 saturated heterocycles. The van der Waals surface area contributed by atoms with E-state index in [2.05, 4.69) is 4.98 Å². The second-order valence-electron chi connectivity index (χ2n) is 3.65. The maximum atomic E-state index is 13.3. The zero-order valence-electron chi connectivity index (χ0n) is 9.22. The van der Waals surface area contributed by atoms with Crippen LogP contribution in [0.15, 0.2) is 29.1 Å². The largest absolute Gasteiger partial charge is 0.369 e. The summed E-state index contributed by atoms with van der Waals surface area (Å²) in [5.74, 6) is -0.399. The van der Waals surface area contributed by atoms with Crippen LogP contribution in [0, 0.1) is 17.1 Å². The second kappa shape index (κ2) is 4.93. The molecule has 2 rings (SSSR count). The SMILES string of the molecule is CN(Cc1cscn1)c1cc(F)cc(C#N)c1. The van der Waals surface area contributed by atoms with E-state index in [1.54, 1.807) is 11.6 Å². The number of benzene rings is 1. The molecule has 0 N–H and O–H groups in total. The van der Waals surface area contributed by atoms with Gasteiger partial charge in [-0.05, 0) is 18.2 Å². The summed E-state index contributed by atoms with van der Waals surface area (Å²) in [5, 5.41) is 10.7. The Balaban J connectivity index is 2.22. The fourth-order valence-corrected chi connectivity index (χ4v) is 2.06. The van der Waals surface area contributed by atoms with Crippen LogP contribution in [-0.2, 0) is 6.54 Å². The molecule has 0 amide bonds. The van der Waals surface area contributed by atoms with E-state index in [0.29, 0.717) is 17.8 Å². The lowest BCUT2D eigenvalue weighted by Gasteiger charge is -2.18. The number of anilines is 1. The lowest BCUT2D eigenvalue weighted by molar-refractivity contribution is 0.626. The number of hydrogen-bond acceptors (Lipinski definition) is 4. The third-order valence-corrected chi connectivity index (χ3v) is 2.97. The zero-order chi connectivity index (χ0) is 12.3. The maximum absolute atomic E-state index is 13.3. The first kappa shape index (κ1) is 11.6. The minimum Gasteiger partial charge on any atom is -0.369 e. The normalized spacial score (nSPS) is 9.94. The fraction of sp³-hybridized carbons (Fsp3) is 0.167. The van der Waals surface area contributed by atoms with Gasteiger partial charge in [-0.15, -0.1) is 11.3 Å². The number of nitrogens with zero attached hydrogens (tertiary/aromatic N) is 3. The van der Waals surface area contributed by atoms with Gasteiger partial charge in [0.1, 0.15) is 5.82 Å². The van der Waals surface area contributed by atoms with Crippen molar-refractivity contribution in [3.05, 3.63) is 46.2 Å². The molecule has 5 heteroatoms. The van der Waals surface area contributed by atoms with Crippen LogP contribution >= 0.6 is 11.3 Å². The van der Waals surface area contributed by atoms with Gasteiger partial charge in [0.25, 0.3) is 0 Å². The highest BCUT2D eigenvalue weighted by Crippen LogP contribution is 2.19. The highest BCUT2D eigenvalue weighted by Gasteiger charge is 2.06. The first-order chi connectivity index (χ1) is 8.19. The van der Waals surface area contributed by atoms with Crippen LogP contribution in [-0.4, -0.2) is 12.0 Å². The van der Waals surface area contributed by atoms with E-state index in [4.69, 9.17) is 5.26 Å². The average molecular weight is 247 g/mol. The van der Waals surface area contributed by atoms with E-state index in [1.807, 2.05) is 23.4 Å². The van der Waals surface area contributed by atoms with Gasteiger partial charge in [0.05, 0.1) is 29.4 Å². The van der Waals surface area contributed by atoms with Crippen LogP contribution in [0.3, 0.4) is 0 Å². The number of rotatable bonds is 3. The van der Waals surface area contributed by atoms with Gasteiger partial charge in [-0.25, -0.2) is 9.37 Å². The van der Waals surface area contributed by atoms with Gasteiger partial charge in [0, 0.05) is 18.1 Å². The van der Waals surface area contributed by atoms with Gasteiger partial charge in [-0.3, -0.25) is 0 Å². The van der Waals surface area contributed by atoms with Crippen molar-refractivity contribution in [2.24, 2.45) is 0 Å². The molecule has 1 aromatic heterocycles. The first-order valence-electron chi connectivity index (χ1n) is 4.98. The summed E-state index contributed by atoms with van der Waals surface area (Å²) in [4.78, 5) is 6.02. The molecule has 0 atom stereocenters. The Bertz CT molecular complexity index is 545. The number of halogens is 1. The summed E-state index contributed by atoms with van der Waals surface area (Å²) in [6, 6.07) is 6.24. The first-order valence-corrected chi connectivity index (χ1v) is 5.92. The van der Waals surface area contributed by atoms with E-state index in [1.165, 1.54) is 23.5 Å². The van der Waals surface area contributed by atoms with Crippen molar-refractivity contribution in [3.63, 3.8) is 0 Å². The van der Waals surface area contributed by atoms with E-state index >= 15 is 0 Å². The van der Waals surface area contributed by atoms with E-state index in [0.717, 1.165) is 5.69 Å². The smallest absolute Gasteiger partial charge is 0.126 e. The van der Waals surface area contributed by atoms with E-state index in [-0.39, 0.29) is 0 Å². The van der Waals surface area contributed by atoms with Crippen molar-refractivity contribution in [1.82, 2.24) is 4.98 Å². The summed E-state index contributed by atoms with van der Waals surface area (Å²) < 4.78 is 13.3. The Morgan fingerprint density at radius 3 is 2.94 bits per heavy atom. The van der Waals surface area contributed by atoms with Crippen LogP contribution in [0.25, 0.3) is 0 Å². The minimum absolute atomic E-state index is 0.324. The van der Waals surface area contributed by atoms with Gasteiger partial charge < -0.3 is 4.90 Å². The van der Waals surface area contributed by atoms with Crippen LogP contribution in [0.1, 0.15) is 11.3 Å². The lowest BCUT2D eigenvalue weighted by atomic mass is 10.2. The molecule has 1 heterocycles. The number of thiazole rings is 1. The molecule has 86 valence electrons. The Hall–Kier alpha value is -1.93. The molecule has 0 aliphatic carbocycles. The molecule has 0 aliphatic heterocycles. The van der Waals surface area contributed by atoms with E-state index in [9.17, 15) is 4.39 Å². The molecule has 3 nitrogen and oxygen atoms in total. The Morgan fingerprint density at radius 2 is 2.29 bits per heavy atom. The predicted molar refractivity (Wildman–Crippen MR) is 65.3 cm³/mol. The van der Waals surface area contributed by atoms with Crippen molar-refractivity contribution >= 4 is 17.0 Å². The number of nitriles is 1. The highest BCUT2D eigenvalue weighted by molar-refractivity contribution is 7.07. The van der Waals surface area contributed by atoms with Crippen LogP contribution < -0.4 is 4.90 Å². The molecule has 0 bridgehead atoms. The maximum Gasteiger partial charge on any atom is 0.126 e. The standard InChI is InChI=1S/C12H10FN3S/c1-16(6-11-7-17-8-15-11)12-3-9(5-14)2-10(13)4-12/h2-4,7-8H,6H2,1H3. The van der Waals surface area contributed by atoms with Gasteiger partial charge in [-0.2, -0.15) is 5.26 Å². The molecule has 0 aliphatic rings. The quantitative estimate of drug-likeness (QED) is 0.837. The lowest BCUT2D eigenvalue weighted by Crippen LogP contribution is -2.16. The van der Waals surface area contributed by atoms with Crippen molar-refractivity contribution in [1.29, 1.82) is 5.26 Å². The minimum atomic E-state index is -0.399. The molecule has 2 aromatic rings. The molecule has 0 saturated carbocycles. The average Bonchev–Trinajstić information content (AvgIpc) is 2.81. The summed E-state index contributed by atoms with van der Waals surface area (Å²) in [6.07, 6.45) is 0. The summed E-state index contributed by atoms with van der Waals surface area (Å²) in [7, 11) is 1.84. The van der Waals surface area contributed by atoms with Crippen molar-refractivity contribution in [3.8, 4) is 6.07 Å². The molecular weight excluding hydrogens is 237 g/mol. The molecule has 0 fully saturated rings. The number of hydrogen-bond donors (Lipinski definition) is 0.